The standard InChI is InChI=1S/C14H22N4O/c1-12(18-9-7-16-8-10-18)11-14(19)17(2)13-3-5-15-6-4-13/h3-6,12,16H,7-11H2,1-2H3. The number of amides is 1. The fourth-order valence-electron chi connectivity index (χ4n) is 2.35. The molecule has 5 heteroatoms. The first-order chi connectivity index (χ1) is 9.18. The van der Waals surface area contributed by atoms with Crippen molar-refractivity contribution in [1.29, 1.82) is 0 Å². The van der Waals surface area contributed by atoms with Gasteiger partial charge >= 0.3 is 0 Å². The molecule has 2 rings (SSSR count). The maximum absolute atomic E-state index is 12.3. The SMILES string of the molecule is CC(CC(=O)N(C)c1ccncc1)N1CCNCC1. The van der Waals surface area contributed by atoms with Crippen LogP contribution in [0.5, 0.6) is 0 Å². The van der Waals surface area contributed by atoms with Gasteiger partial charge in [-0.3, -0.25) is 14.7 Å². The minimum Gasteiger partial charge on any atom is -0.315 e. The fourth-order valence-corrected chi connectivity index (χ4v) is 2.35. The summed E-state index contributed by atoms with van der Waals surface area (Å²) in [5, 5.41) is 3.33. The molecule has 19 heavy (non-hydrogen) atoms. The maximum Gasteiger partial charge on any atom is 0.228 e. The summed E-state index contributed by atoms with van der Waals surface area (Å²) >= 11 is 0. The largest absolute Gasteiger partial charge is 0.315 e. The van der Waals surface area contributed by atoms with E-state index in [0.29, 0.717) is 12.5 Å². The van der Waals surface area contributed by atoms with Gasteiger partial charge in [0, 0.05) is 63.8 Å². The Morgan fingerprint density at radius 2 is 2.05 bits per heavy atom. The van der Waals surface area contributed by atoms with Crippen molar-refractivity contribution in [1.82, 2.24) is 15.2 Å². The summed E-state index contributed by atoms with van der Waals surface area (Å²) in [4.78, 5) is 20.3. The van der Waals surface area contributed by atoms with Crippen LogP contribution in [0.3, 0.4) is 0 Å². The second-order valence-electron chi connectivity index (χ2n) is 5.00. The van der Waals surface area contributed by atoms with Gasteiger partial charge in [0.2, 0.25) is 5.91 Å². The fraction of sp³-hybridized carbons (Fsp3) is 0.571. The quantitative estimate of drug-likeness (QED) is 0.869. The molecular formula is C14H22N4O. The van der Waals surface area contributed by atoms with Crippen LogP contribution in [0.15, 0.2) is 24.5 Å². The zero-order valence-electron chi connectivity index (χ0n) is 11.7. The molecule has 2 heterocycles. The van der Waals surface area contributed by atoms with Crippen LogP contribution in [0, 0.1) is 0 Å². The van der Waals surface area contributed by atoms with Crippen molar-refractivity contribution < 1.29 is 4.79 Å². The molecule has 5 nitrogen and oxygen atoms in total. The molecule has 1 amide bonds. The third-order valence-electron chi connectivity index (χ3n) is 3.67. The zero-order chi connectivity index (χ0) is 13.7. The van der Waals surface area contributed by atoms with Crippen LogP contribution in [0.4, 0.5) is 5.69 Å². The molecule has 1 N–H and O–H groups in total. The van der Waals surface area contributed by atoms with Gasteiger partial charge in [0.1, 0.15) is 0 Å². The number of rotatable bonds is 4. The second kappa shape index (κ2) is 6.63. The summed E-state index contributed by atoms with van der Waals surface area (Å²) in [6.45, 7) is 6.20. The second-order valence-corrected chi connectivity index (χ2v) is 5.00. The molecular weight excluding hydrogens is 240 g/mol. The Labute approximate surface area is 114 Å². The van der Waals surface area contributed by atoms with Crippen molar-refractivity contribution in [3.63, 3.8) is 0 Å². The average molecular weight is 262 g/mol. The van der Waals surface area contributed by atoms with E-state index in [1.165, 1.54) is 0 Å². The number of nitrogens with zero attached hydrogens (tertiary/aromatic N) is 3. The van der Waals surface area contributed by atoms with Gasteiger partial charge < -0.3 is 10.2 Å². The molecule has 0 aromatic carbocycles. The lowest BCUT2D eigenvalue weighted by atomic mass is 10.1. The molecule has 0 spiro atoms. The molecule has 1 aliphatic heterocycles. The van der Waals surface area contributed by atoms with Gasteiger partial charge in [-0.1, -0.05) is 0 Å². The van der Waals surface area contributed by atoms with Crippen LogP contribution in [0.1, 0.15) is 13.3 Å². The van der Waals surface area contributed by atoms with Gasteiger partial charge in [0.25, 0.3) is 0 Å². The first-order valence-corrected chi connectivity index (χ1v) is 6.80. The van der Waals surface area contributed by atoms with Crippen molar-refractivity contribution >= 4 is 11.6 Å². The molecule has 104 valence electrons. The summed E-state index contributed by atoms with van der Waals surface area (Å²) in [5.41, 5.74) is 0.896. The summed E-state index contributed by atoms with van der Waals surface area (Å²) in [6.07, 6.45) is 3.97. The molecule has 0 radical (unpaired) electrons. The number of hydrogen-bond acceptors (Lipinski definition) is 4. The summed E-state index contributed by atoms with van der Waals surface area (Å²) in [6, 6.07) is 4.00. The van der Waals surface area contributed by atoms with E-state index in [0.717, 1.165) is 31.9 Å². The molecule has 0 saturated carbocycles. The normalized spacial score (nSPS) is 18.0. The average Bonchev–Trinajstić information content (AvgIpc) is 2.48. The van der Waals surface area contributed by atoms with E-state index in [2.05, 4.69) is 22.1 Å². The van der Waals surface area contributed by atoms with Crippen molar-refractivity contribution in [2.45, 2.75) is 19.4 Å². The number of anilines is 1. The van der Waals surface area contributed by atoms with Crippen molar-refractivity contribution in [2.24, 2.45) is 0 Å². The topological polar surface area (TPSA) is 48.5 Å². The monoisotopic (exact) mass is 262 g/mol. The van der Waals surface area contributed by atoms with Crippen LogP contribution < -0.4 is 10.2 Å². The van der Waals surface area contributed by atoms with Crippen molar-refractivity contribution in [3.8, 4) is 0 Å². The highest BCUT2D eigenvalue weighted by atomic mass is 16.2. The van der Waals surface area contributed by atoms with E-state index in [4.69, 9.17) is 0 Å². The first-order valence-electron chi connectivity index (χ1n) is 6.80. The number of piperazine rings is 1. The number of pyridine rings is 1. The minimum atomic E-state index is 0.150. The molecule has 1 unspecified atom stereocenters. The maximum atomic E-state index is 12.3. The van der Waals surface area contributed by atoms with Crippen molar-refractivity contribution in [2.75, 3.05) is 38.1 Å². The number of nitrogens with one attached hydrogen (secondary N) is 1. The third-order valence-corrected chi connectivity index (χ3v) is 3.67. The molecule has 1 atom stereocenters. The third kappa shape index (κ3) is 3.75. The Bertz CT molecular complexity index is 403. The van der Waals surface area contributed by atoms with Crippen LogP contribution in [0.2, 0.25) is 0 Å². The van der Waals surface area contributed by atoms with Gasteiger partial charge in [-0.2, -0.15) is 0 Å². The Balaban J connectivity index is 1.89. The van der Waals surface area contributed by atoms with Crippen LogP contribution in [-0.2, 0) is 4.79 Å². The highest BCUT2D eigenvalue weighted by Gasteiger charge is 2.21. The number of carbonyl (C=O) groups is 1. The molecule has 0 aliphatic carbocycles. The molecule has 1 saturated heterocycles. The smallest absolute Gasteiger partial charge is 0.228 e. The summed E-state index contributed by atoms with van der Waals surface area (Å²) < 4.78 is 0. The van der Waals surface area contributed by atoms with Gasteiger partial charge in [0.05, 0.1) is 0 Å². The molecule has 1 aromatic rings. The van der Waals surface area contributed by atoms with E-state index >= 15 is 0 Å². The van der Waals surface area contributed by atoms with E-state index < -0.39 is 0 Å². The molecule has 1 aromatic heterocycles. The van der Waals surface area contributed by atoms with E-state index in [1.54, 1.807) is 17.3 Å². The zero-order valence-corrected chi connectivity index (χ0v) is 11.7. The van der Waals surface area contributed by atoms with Gasteiger partial charge in [-0.05, 0) is 19.1 Å². The van der Waals surface area contributed by atoms with Gasteiger partial charge in [-0.15, -0.1) is 0 Å². The van der Waals surface area contributed by atoms with Gasteiger partial charge in [0.15, 0.2) is 0 Å². The van der Waals surface area contributed by atoms with Crippen LogP contribution in [-0.4, -0.2) is 55.1 Å². The highest BCUT2D eigenvalue weighted by Crippen LogP contribution is 2.13. The Morgan fingerprint density at radius 1 is 1.42 bits per heavy atom. The van der Waals surface area contributed by atoms with E-state index in [9.17, 15) is 4.79 Å². The predicted octanol–water partition coefficient (Wildman–Crippen LogP) is 0.728. The Kier molecular flexibility index (Phi) is 4.87. The lowest BCUT2D eigenvalue weighted by molar-refractivity contribution is -0.119. The highest BCUT2D eigenvalue weighted by molar-refractivity contribution is 5.93. The van der Waals surface area contributed by atoms with Crippen LogP contribution in [0.25, 0.3) is 0 Å². The number of carbonyl (C=O) groups excluding carboxylic acids is 1. The minimum absolute atomic E-state index is 0.150. The number of aromatic nitrogens is 1. The van der Waals surface area contributed by atoms with Gasteiger partial charge in [-0.25, -0.2) is 0 Å². The molecule has 1 aliphatic rings. The van der Waals surface area contributed by atoms with Crippen LogP contribution >= 0.6 is 0 Å². The van der Waals surface area contributed by atoms with Crippen molar-refractivity contribution in [3.05, 3.63) is 24.5 Å². The lowest BCUT2D eigenvalue weighted by Crippen LogP contribution is -2.48. The number of hydrogen-bond donors (Lipinski definition) is 1. The lowest BCUT2D eigenvalue weighted by Gasteiger charge is -2.33. The molecule has 1 fully saturated rings. The van der Waals surface area contributed by atoms with E-state index in [1.807, 2.05) is 19.2 Å². The Hall–Kier alpha value is -1.46. The Morgan fingerprint density at radius 3 is 2.68 bits per heavy atom. The first kappa shape index (κ1) is 14.0. The van der Waals surface area contributed by atoms with E-state index in [-0.39, 0.29) is 5.91 Å². The summed E-state index contributed by atoms with van der Waals surface area (Å²) in [7, 11) is 1.82. The predicted molar refractivity (Wildman–Crippen MR) is 76.2 cm³/mol. The summed E-state index contributed by atoms with van der Waals surface area (Å²) in [5.74, 6) is 0.150. The molecule has 0 bridgehead atoms.